The van der Waals surface area contributed by atoms with Crippen LogP contribution in [-0.2, 0) is 17.9 Å². The van der Waals surface area contributed by atoms with Gasteiger partial charge in [-0.3, -0.25) is 0 Å². The number of ether oxygens (including phenoxy) is 1. The van der Waals surface area contributed by atoms with Crippen LogP contribution in [0.25, 0.3) is 0 Å². The molecular formula is C16H27NO2. The fourth-order valence-corrected chi connectivity index (χ4v) is 2.15. The summed E-state index contributed by atoms with van der Waals surface area (Å²) in [5.74, 6) is 2.83. The van der Waals surface area contributed by atoms with Crippen LogP contribution in [0, 0.1) is 5.92 Å². The molecule has 0 spiro atoms. The lowest BCUT2D eigenvalue weighted by Gasteiger charge is -2.24. The Hall–Kier alpha value is -0.800. The average molecular weight is 265 g/mol. The smallest absolute Gasteiger partial charge is 0.129 e. The lowest BCUT2D eigenvalue weighted by molar-refractivity contribution is 0.0828. The molecule has 1 aliphatic carbocycles. The van der Waals surface area contributed by atoms with E-state index in [1.807, 2.05) is 12.1 Å². The molecule has 0 bridgehead atoms. The molecule has 1 aliphatic rings. The topological polar surface area (TPSA) is 34.4 Å². The van der Waals surface area contributed by atoms with Gasteiger partial charge in [-0.15, -0.1) is 0 Å². The standard InChI is InChI=1S/C16H27NO2/c1-16(2,3)17-11-14-7-8-15(19-14)12-18-10-9-13-5-4-6-13/h7-8,13,17H,4-6,9-12H2,1-3H3. The Kier molecular flexibility index (Phi) is 5.06. The molecule has 1 aromatic rings. The zero-order valence-corrected chi connectivity index (χ0v) is 12.5. The molecule has 0 amide bonds. The van der Waals surface area contributed by atoms with Crippen LogP contribution in [0.2, 0.25) is 0 Å². The number of hydrogen-bond acceptors (Lipinski definition) is 3. The quantitative estimate of drug-likeness (QED) is 0.760. The van der Waals surface area contributed by atoms with Gasteiger partial charge in [0.15, 0.2) is 0 Å². The van der Waals surface area contributed by atoms with Gasteiger partial charge in [0, 0.05) is 12.1 Å². The molecule has 0 saturated heterocycles. The van der Waals surface area contributed by atoms with E-state index in [2.05, 4.69) is 26.1 Å². The van der Waals surface area contributed by atoms with Gasteiger partial charge in [-0.25, -0.2) is 0 Å². The van der Waals surface area contributed by atoms with Crippen molar-refractivity contribution in [2.24, 2.45) is 5.92 Å². The molecule has 3 heteroatoms. The van der Waals surface area contributed by atoms with Crippen molar-refractivity contribution in [3.05, 3.63) is 23.7 Å². The number of furan rings is 1. The van der Waals surface area contributed by atoms with Crippen molar-refractivity contribution >= 4 is 0 Å². The van der Waals surface area contributed by atoms with Crippen molar-refractivity contribution in [1.82, 2.24) is 5.32 Å². The molecule has 0 atom stereocenters. The van der Waals surface area contributed by atoms with Crippen molar-refractivity contribution in [2.75, 3.05) is 6.61 Å². The Morgan fingerprint density at radius 3 is 2.63 bits per heavy atom. The summed E-state index contributed by atoms with van der Waals surface area (Å²) < 4.78 is 11.4. The number of hydrogen-bond donors (Lipinski definition) is 1. The molecule has 0 unspecified atom stereocenters. The second-order valence-electron chi connectivity index (χ2n) is 6.61. The van der Waals surface area contributed by atoms with E-state index in [0.29, 0.717) is 6.61 Å². The molecule has 108 valence electrons. The van der Waals surface area contributed by atoms with Crippen LogP contribution < -0.4 is 5.32 Å². The lowest BCUT2D eigenvalue weighted by Crippen LogP contribution is -2.34. The Morgan fingerprint density at radius 2 is 2.00 bits per heavy atom. The van der Waals surface area contributed by atoms with Crippen LogP contribution in [-0.4, -0.2) is 12.1 Å². The normalized spacial score (nSPS) is 16.6. The lowest BCUT2D eigenvalue weighted by atomic mass is 9.83. The number of rotatable bonds is 7. The highest BCUT2D eigenvalue weighted by Gasteiger charge is 2.16. The van der Waals surface area contributed by atoms with E-state index >= 15 is 0 Å². The highest BCUT2D eigenvalue weighted by atomic mass is 16.5. The first-order valence-corrected chi connectivity index (χ1v) is 7.43. The van der Waals surface area contributed by atoms with Gasteiger partial charge in [-0.2, -0.15) is 0 Å². The first kappa shape index (κ1) is 14.6. The minimum absolute atomic E-state index is 0.117. The van der Waals surface area contributed by atoms with Crippen LogP contribution in [0.1, 0.15) is 58.0 Å². The van der Waals surface area contributed by atoms with E-state index in [1.165, 1.54) is 25.7 Å². The molecule has 1 N–H and O–H groups in total. The summed E-state index contributed by atoms with van der Waals surface area (Å²) in [5.41, 5.74) is 0.117. The van der Waals surface area contributed by atoms with E-state index in [0.717, 1.165) is 30.6 Å². The predicted octanol–water partition coefficient (Wildman–Crippen LogP) is 3.87. The maximum atomic E-state index is 5.74. The van der Waals surface area contributed by atoms with Crippen LogP contribution in [0.5, 0.6) is 0 Å². The van der Waals surface area contributed by atoms with Crippen LogP contribution in [0.3, 0.4) is 0 Å². The molecule has 1 heterocycles. The molecule has 3 nitrogen and oxygen atoms in total. The summed E-state index contributed by atoms with van der Waals surface area (Å²) in [7, 11) is 0. The third kappa shape index (κ3) is 5.37. The summed E-state index contributed by atoms with van der Waals surface area (Å²) in [4.78, 5) is 0. The Bertz CT molecular complexity index is 374. The van der Waals surface area contributed by atoms with Gasteiger partial charge >= 0.3 is 0 Å². The van der Waals surface area contributed by atoms with Crippen molar-refractivity contribution < 1.29 is 9.15 Å². The summed E-state index contributed by atoms with van der Waals surface area (Å²) in [6, 6.07) is 4.05. The predicted molar refractivity (Wildman–Crippen MR) is 76.9 cm³/mol. The monoisotopic (exact) mass is 265 g/mol. The Labute approximate surface area is 116 Å². The molecule has 2 rings (SSSR count). The van der Waals surface area contributed by atoms with E-state index in [9.17, 15) is 0 Å². The maximum Gasteiger partial charge on any atom is 0.129 e. The molecule has 0 aromatic carbocycles. The molecule has 19 heavy (non-hydrogen) atoms. The number of nitrogens with one attached hydrogen (secondary N) is 1. The van der Waals surface area contributed by atoms with E-state index < -0.39 is 0 Å². The maximum absolute atomic E-state index is 5.74. The van der Waals surface area contributed by atoms with Crippen LogP contribution >= 0.6 is 0 Å². The first-order valence-electron chi connectivity index (χ1n) is 7.43. The minimum atomic E-state index is 0.117. The van der Waals surface area contributed by atoms with Crippen molar-refractivity contribution in [2.45, 2.75) is 65.1 Å². The van der Waals surface area contributed by atoms with Gasteiger partial charge in [0.1, 0.15) is 18.1 Å². The second kappa shape index (κ2) is 6.58. The third-order valence-electron chi connectivity index (χ3n) is 3.65. The molecular weight excluding hydrogens is 238 g/mol. The van der Waals surface area contributed by atoms with Gasteiger partial charge in [-0.1, -0.05) is 19.3 Å². The highest BCUT2D eigenvalue weighted by molar-refractivity contribution is 5.06. The van der Waals surface area contributed by atoms with E-state index in [-0.39, 0.29) is 5.54 Å². The zero-order chi connectivity index (χ0) is 13.7. The molecule has 0 aliphatic heterocycles. The average Bonchev–Trinajstić information content (AvgIpc) is 2.71. The van der Waals surface area contributed by atoms with Crippen molar-refractivity contribution in [1.29, 1.82) is 0 Å². The van der Waals surface area contributed by atoms with Gasteiger partial charge < -0.3 is 14.5 Å². The summed E-state index contributed by atoms with van der Waals surface area (Å²) in [6.07, 6.45) is 5.41. The van der Waals surface area contributed by atoms with E-state index in [1.54, 1.807) is 0 Å². The summed E-state index contributed by atoms with van der Waals surface area (Å²) >= 11 is 0. The third-order valence-corrected chi connectivity index (χ3v) is 3.65. The minimum Gasteiger partial charge on any atom is -0.462 e. The summed E-state index contributed by atoms with van der Waals surface area (Å²) in [6.45, 7) is 8.69. The fraction of sp³-hybridized carbons (Fsp3) is 0.750. The van der Waals surface area contributed by atoms with Crippen molar-refractivity contribution in [3.8, 4) is 0 Å². The van der Waals surface area contributed by atoms with Gasteiger partial charge in [-0.05, 0) is 45.2 Å². The fourth-order valence-electron chi connectivity index (χ4n) is 2.15. The van der Waals surface area contributed by atoms with Gasteiger partial charge in [0.05, 0.1) is 6.54 Å². The van der Waals surface area contributed by atoms with Gasteiger partial charge in [0.25, 0.3) is 0 Å². The largest absolute Gasteiger partial charge is 0.462 e. The van der Waals surface area contributed by atoms with E-state index in [4.69, 9.17) is 9.15 Å². The first-order chi connectivity index (χ1) is 9.03. The molecule has 0 radical (unpaired) electrons. The highest BCUT2D eigenvalue weighted by Crippen LogP contribution is 2.29. The SMILES string of the molecule is CC(C)(C)NCc1ccc(COCCC2CCC2)o1. The molecule has 1 aromatic heterocycles. The van der Waals surface area contributed by atoms with Crippen molar-refractivity contribution in [3.63, 3.8) is 0 Å². The van der Waals surface area contributed by atoms with Gasteiger partial charge in [0.2, 0.25) is 0 Å². The van der Waals surface area contributed by atoms with Crippen LogP contribution in [0.4, 0.5) is 0 Å². The zero-order valence-electron chi connectivity index (χ0n) is 12.5. The second-order valence-corrected chi connectivity index (χ2v) is 6.61. The Morgan fingerprint density at radius 1 is 1.26 bits per heavy atom. The summed E-state index contributed by atoms with van der Waals surface area (Å²) in [5, 5.41) is 3.41. The molecule has 1 fully saturated rings. The Balaban J connectivity index is 1.62. The van der Waals surface area contributed by atoms with Crippen LogP contribution in [0.15, 0.2) is 16.5 Å². The molecule has 1 saturated carbocycles.